The molecule has 1 aromatic heterocycles. The monoisotopic (exact) mass is 274 g/mol. The van der Waals surface area contributed by atoms with Gasteiger partial charge >= 0.3 is 5.97 Å². The standard InChI is InChI=1S/C16H22N2O2/c1-3-6-12-11(2)18(10-5-9-17)15-13(12)7-4-8-14(15)16(19)20/h4,7-8H,3,5-6,9-10,17H2,1-2H3,(H,19,20). The van der Waals surface area contributed by atoms with Gasteiger partial charge in [0.2, 0.25) is 0 Å². The molecule has 0 unspecified atom stereocenters. The van der Waals surface area contributed by atoms with E-state index in [4.69, 9.17) is 5.73 Å². The van der Waals surface area contributed by atoms with Crippen LogP contribution in [0.25, 0.3) is 10.9 Å². The predicted molar refractivity (Wildman–Crippen MR) is 81.3 cm³/mol. The van der Waals surface area contributed by atoms with Crippen LogP contribution in [0.15, 0.2) is 18.2 Å². The quantitative estimate of drug-likeness (QED) is 0.851. The van der Waals surface area contributed by atoms with Crippen molar-refractivity contribution in [3.63, 3.8) is 0 Å². The number of aromatic carboxylic acids is 1. The lowest BCUT2D eigenvalue weighted by molar-refractivity contribution is 0.0698. The largest absolute Gasteiger partial charge is 0.478 e. The number of aryl methyl sites for hydroxylation is 2. The predicted octanol–water partition coefficient (Wildman–Crippen LogP) is 2.95. The second-order valence-electron chi connectivity index (χ2n) is 5.11. The molecule has 0 bridgehead atoms. The number of nitrogens with zero attached hydrogens (tertiary/aromatic N) is 1. The molecule has 4 nitrogen and oxygen atoms in total. The number of carboxylic acid groups (broad SMARTS) is 1. The molecular formula is C16H22N2O2. The van der Waals surface area contributed by atoms with Gasteiger partial charge in [-0.15, -0.1) is 0 Å². The summed E-state index contributed by atoms with van der Waals surface area (Å²) in [6, 6.07) is 5.54. The Kier molecular flexibility index (Phi) is 4.45. The summed E-state index contributed by atoms with van der Waals surface area (Å²) >= 11 is 0. The summed E-state index contributed by atoms with van der Waals surface area (Å²) in [7, 11) is 0. The van der Waals surface area contributed by atoms with Gasteiger partial charge in [0, 0.05) is 17.6 Å². The highest BCUT2D eigenvalue weighted by Gasteiger charge is 2.18. The summed E-state index contributed by atoms with van der Waals surface area (Å²) in [6.07, 6.45) is 2.87. The maximum Gasteiger partial charge on any atom is 0.337 e. The number of hydrogen-bond acceptors (Lipinski definition) is 2. The molecule has 0 fully saturated rings. The molecule has 0 atom stereocenters. The van der Waals surface area contributed by atoms with Gasteiger partial charge in [-0.25, -0.2) is 4.79 Å². The maximum atomic E-state index is 11.5. The molecule has 20 heavy (non-hydrogen) atoms. The van der Waals surface area contributed by atoms with Crippen molar-refractivity contribution in [1.29, 1.82) is 0 Å². The minimum absolute atomic E-state index is 0.380. The Hall–Kier alpha value is -1.81. The molecule has 0 radical (unpaired) electrons. The van der Waals surface area contributed by atoms with Crippen molar-refractivity contribution in [2.45, 2.75) is 39.7 Å². The summed E-state index contributed by atoms with van der Waals surface area (Å²) in [5.74, 6) is -0.870. The number of aromatic nitrogens is 1. The molecule has 1 heterocycles. The smallest absolute Gasteiger partial charge is 0.337 e. The molecular weight excluding hydrogens is 252 g/mol. The van der Waals surface area contributed by atoms with Crippen LogP contribution in [0.4, 0.5) is 0 Å². The SMILES string of the molecule is CCCc1c(C)n(CCCN)c2c(C(=O)O)cccc12. The number of carboxylic acids is 1. The molecule has 4 heteroatoms. The summed E-state index contributed by atoms with van der Waals surface area (Å²) in [6.45, 7) is 5.60. The van der Waals surface area contributed by atoms with E-state index in [-0.39, 0.29) is 0 Å². The number of fused-ring (bicyclic) bond motifs is 1. The Labute approximate surface area is 119 Å². The van der Waals surface area contributed by atoms with Gasteiger partial charge < -0.3 is 15.4 Å². The third-order valence-corrected chi connectivity index (χ3v) is 3.79. The normalized spacial score (nSPS) is 11.2. The van der Waals surface area contributed by atoms with E-state index in [2.05, 4.69) is 18.4 Å². The van der Waals surface area contributed by atoms with Crippen molar-refractivity contribution < 1.29 is 9.90 Å². The van der Waals surface area contributed by atoms with Crippen LogP contribution in [0.5, 0.6) is 0 Å². The first-order valence-corrected chi connectivity index (χ1v) is 7.15. The molecule has 0 amide bonds. The summed E-state index contributed by atoms with van der Waals surface area (Å²) in [5.41, 5.74) is 9.26. The van der Waals surface area contributed by atoms with Gasteiger partial charge in [-0.3, -0.25) is 0 Å². The number of rotatable bonds is 6. The first-order chi connectivity index (χ1) is 9.61. The van der Waals surface area contributed by atoms with E-state index in [0.29, 0.717) is 12.1 Å². The molecule has 2 rings (SSSR count). The van der Waals surface area contributed by atoms with E-state index in [1.54, 1.807) is 6.07 Å². The van der Waals surface area contributed by atoms with E-state index in [1.807, 2.05) is 12.1 Å². The Morgan fingerprint density at radius 3 is 2.75 bits per heavy atom. The molecule has 0 aliphatic rings. The lowest BCUT2D eigenvalue weighted by atomic mass is 10.0. The zero-order valence-corrected chi connectivity index (χ0v) is 12.1. The lowest BCUT2D eigenvalue weighted by Gasteiger charge is -2.09. The number of benzene rings is 1. The van der Waals surface area contributed by atoms with Gasteiger partial charge in [0.1, 0.15) is 0 Å². The first kappa shape index (κ1) is 14.6. The van der Waals surface area contributed by atoms with Crippen LogP contribution < -0.4 is 5.73 Å². The van der Waals surface area contributed by atoms with Crippen molar-refractivity contribution in [2.24, 2.45) is 5.73 Å². The maximum absolute atomic E-state index is 11.5. The van der Waals surface area contributed by atoms with Crippen molar-refractivity contribution in [2.75, 3.05) is 6.54 Å². The van der Waals surface area contributed by atoms with E-state index in [1.165, 1.54) is 11.3 Å². The third-order valence-electron chi connectivity index (χ3n) is 3.79. The van der Waals surface area contributed by atoms with Crippen LogP contribution in [0.3, 0.4) is 0 Å². The van der Waals surface area contributed by atoms with E-state index in [9.17, 15) is 9.90 Å². The third kappa shape index (κ3) is 2.43. The van der Waals surface area contributed by atoms with Crippen LogP contribution >= 0.6 is 0 Å². The highest BCUT2D eigenvalue weighted by Crippen LogP contribution is 2.30. The fourth-order valence-electron chi connectivity index (χ4n) is 2.87. The van der Waals surface area contributed by atoms with Gasteiger partial charge in [-0.1, -0.05) is 25.5 Å². The molecule has 0 saturated carbocycles. The van der Waals surface area contributed by atoms with Crippen molar-refractivity contribution >= 4 is 16.9 Å². The van der Waals surface area contributed by atoms with Gasteiger partial charge in [0.15, 0.2) is 0 Å². The van der Waals surface area contributed by atoms with Gasteiger partial charge in [0.05, 0.1) is 11.1 Å². The number of carbonyl (C=O) groups is 1. The van der Waals surface area contributed by atoms with Crippen LogP contribution in [0.2, 0.25) is 0 Å². The van der Waals surface area contributed by atoms with Crippen LogP contribution in [-0.2, 0) is 13.0 Å². The van der Waals surface area contributed by atoms with E-state index < -0.39 is 5.97 Å². The zero-order valence-electron chi connectivity index (χ0n) is 12.1. The molecule has 0 spiro atoms. The molecule has 0 aliphatic heterocycles. The minimum atomic E-state index is -0.870. The molecule has 0 aliphatic carbocycles. The molecule has 0 saturated heterocycles. The van der Waals surface area contributed by atoms with Crippen LogP contribution in [0, 0.1) is 6.92 Å². The first-order valence-electron chi connectivity index (χ1n) is 7.15. The van der Waals surface area contributed by atoms with Crippen LogP contribution in [-0.4, -0.2) is 22.2 Å². The number of para-hydroxylation sites is 1. The Bertz CT molecular complexity index is 629. The highest BCUT2D eigenvalue weighted by molar-refractivity contribution is 6.03. The molecule has 2 aromatic rings. The van der Waals surface area contributed by atoms with Gasteiger partial charge in [-0.05, 0) is 37.9 Å². The Morgan fingerprint density at radius 2 is 2.15 bits per heavy atom. The summed E-state index contributed by atoms with van der Waals surface area (Å²) < 4.78 is 2.12. The lowest BCUT2D eigenvalue weighted by Crippen LogP contribution is -2.09. The van der Waals surface area contributed by atoms with E-state index in [0.717, 1.165) is 36.7 Å². The average Bonchev–Trinajstić information content (AvgIpc) is 2.70. The topological polar surface area (TPSA) is 68.2 Å². The fourth-order valence-corrected chi connectivity index (χ4v) is 2.87. The summed E-state index contributed by atoms with van der Waals surface area (Å²) in [4.78, 5) is 11.5. The number of nitrogens with two attached hydrogens (primary N) is 1. The van der Waals surface area contributed by atoms with Crippen LogP contribution in [0.1, 0.15) is 41.4 Å². The van der Waals surface area contributed by atoms with Gasteiger partial charge in [-0.2, -0.15) is 0 Å². The Balaban J connectivity index is 2.73. The second-order valence-corrected chi connectivity index (χ2v) is 5.11. The molecule has 3 N–H and O–H groups in total. The second kappa shape index (κ2) is 6.09. The molecule has 1 aromatic carbocycles. The molecule has 108 valence electrons. The average molecular weight is 274 g/mol. The zero-order chi connectivity index (χ0) is 14.7. The van der Waals surface area contributed by atoms with E-state index >= 15 is 0 Å². The van der Waals surface area contributed by atoms with Crippen molar-refractivity contribution in [1.82, 2.24) is 4.57 Å². The summed E-state index contributed by atoms with van der Waals surface area (Å²) in [5, 5.41) is 10.5. The van der Waals surface area contributed by atoms with Gasteiger partial charge in [0.25, 0.3) is 0 Å². The van der Waals surface area contributed by atoms with Crippen molar-refractivity contribution in [3.8, 4) is 0 Å². The van der Waals surface area contributed by atoms with Crippen molar-refractivity contribution in [3.05, 3.63) is 35.0 Å². The minimum Gasteiger partial charge on any atom is -0.478 e. The Morgan fingerprint density at radius 1 is 1.40 bits per heavy atom. The highest BCUT2D eigenvalue weighted by atomic mass is 16.4. The fraction of sp³-hybridized carbons (Fsp3) is 0.438. The number of hydrogen-bond donors (Lipinski definition) is 2.